The molecule has 0 fully saturated rings. The van der Waals surface area contributed by atoms with Crippen molar-refractivity contribution >= 4 is 29.0 Å². The Morgan fingerprint density at radius 1 is 1.21 bits per heavy atom. The molecule has 2 aromatic rings. The van der Waals surface area contributed by atoms with Crippen LogP contribution in [-0.2, 0) is 6.42 Å². The Morgan fingerprint density at radius 3 is 2.63 bits per heavy atom. The monoisotopic (exact) mass is 293 g/mol. The van der Waals surface area contributed by atoms with Gasteiger partial charge in [-0.05, 0) is 48.7 Å². The van der Waals surface area contributed by atoms with Crippen LogP contribution in [0.5, 0.6) is 0 Å². The van der Waals surface area contributed by atoms with Crippen molar-refractivity contribution in [3.63, 3.8) is 0 Å². The zero-order chi connectivity index (χ0) is 14.0. The molecule has 98 valence electrons. The standard InChI is InChI=1S/C15H13Cl2NO/c1-9-5-10(2)15(18-8-9)14(19)7-11-6-12(16)3-4-13(11)17/h3-6,8H,7H2,1-2H3. The third-order valence-electron chi connectivity index (χ3n) is 2.84. The SMILES string of the molecule is Cc1cnc(C(=O)Cc2cc(Cl)ccc2Cl)c(C)c1. The van der Waals surface area contributed by atoms with Crippen LogP contribution in [-0.4, -0.2) is 10.8 Å². The fourth-order valence-corrected chi connectivity index (χ4v) is 2.32. The molecule has 0 saturated heterocycles. The average Bonchev–Trinajstić information content (AvgIpc) is 2.33. The van der Waals surface area contributed by atoms with E-state index in [4.69, 9.17) is 23.2 Å². The number of hydrogen-bond acceptors (Lipinski definition) is 2. The number of hydrogen-bond donors (Lipinski definition) is 0. The maximum absolute atomic E-state index is 12.2. The number of aryl methyl sites for hydroxylation is 2. The number of pyridine rings is 1. The lowest BCUT2D eigenvalue weighted by molar-refractivity contribution is 0.0987. The summed E-state index contributed by atoms with van der Waals surface area (Å²) in [5, 5.41) is 1.11. The molecule has 1 aromatic carbocycles. The number of Topliss-reactive ketones (excluding diaryl/α,β-unsaturated/α-hetero) is 1. The van der Waals surface area contributed by atoms with Crippen molar-refractivity contribution in [2.75, 3.05) is 0 Å². The van der Waals surface area contributed by atoms with Gasteiger partial charge in [-0.2, -0.15) is 0 Å². The molecule has 2 rings (SSSR count). The summed E-state index contributed by atoms with van der Waals surface area (Å²) in [6, 6.07) is 7.06. The molecule has 0 bridgehead atoms. The van der Waals surface area contributed by atoms with Crippen molar-refractivity contribution in [1.29, 1.82) is 0 Å². The van der Waals surface area contributed by atoms with Gasteiger partial charge in [0.05, 0.1) is 0 Å². The van der Waals surface area contributed by atoms with Crippen molar-refractivity contribution in [1.82, 2.24) is 4.98 Å². The highest BCUT2D eigenvalue weighted by molar-refractivity contribution is 6.33. The number of ketones is 1. The minimum atomic E-state index is -0.0540. The summed E-state index contributed by atoms with van der Waals surface area (Å²) in [5.41, 5.74) is 3.13. The number of halogens is 2. The molecule has 0 spiro atoms. The fourth-order valence-electron chi connectivity index (χ4n) is 1.94. The van der Waals surface area contributed by atoms with Gasteiger partial charge in [0.1, 0.15) is 5.69 Å². The smallest absolute Gasteiger partial charge is 0.185 e. The maximum atomic E-state index is 12.2. The number of carbonyl (C=O) groups is 1. The van der Waals surface area contributed by atoms with Crippen LogP contribution in [0.3, 0.4) is 0 Å². The molecule has 0 radical (unpaired) electrons. The van der Waals surface area contributed by atoms with Crippen molar-refractivity contribution < 1.29 is 4.79 Å². The van der Waals surface area contributed by atoms with E-state index in [-0.39, 0.29) is 12.2 Å². The molecule has 0 unspecified atom stereocenters. The van der Waals surface area contributed by atoms with Crippen LogP contribution < -0.4 is 0 Å². The van der Waals surface area contributed by atoms with E-state index in [1.54, 1.807) is 24.4 Å². The number of aromatic nitrogens is 1. The van der Waals surface area contributed by atoms with Crippen LogP contribution in [0.15, 0.2) is 30.5 Å². The Bertz CT molecular complexity index is 638. The summed E-state index contributed by atoms with van der Waals surface area (Å²) in [4.78, 5) is 16.4. The molecule has 4 heteroatoms. The Morgan fingerprint density at radius 2 is 1.95 bits per heavy atom. The van der Waals surface area contributed by atoms with E-state index in [1.165, 1.54) is 0 Å². The topological polar surface area (TPSA) is 30.0 Å². The van der Waals surface area contributed by atoms with Crippen LogP contribution in [0.1, 0.15) is 27.2 Å². The predicted molar refractivity (Wildman–Crippen MR) is 78.2 cm³/mol. The van der Waals surface area contributed by atoms with Gasteiger partial charge < -0.3 is 0 Å². The summed E-state index contributed by atoms with van der Waals surface area (Å²) in [5.74, 6) is -0.0540. The van der Waals surface area contributed by atoms with Gasteiger partial charge in [-0.1, -0.05) is 29.3 Å². The van der Waals surface area contributed by atoms with Crippen LogP contribution in [0.4, 0.5) is 0 Å². The molecule has 0 aliphatic carbocycles. The largest absolute Gasteiger partial charge is 0.292 e. The van der Waals surface area contributed by atoms with Gasteiger partial charge >= 0.3 is 0 Å². The molecule has 0 aliphatic heterocycles. The summed E-state index contributed by atoms with van der Waals surface area (Å²) in [6.45, 7) is 3.83. The van der Waals surface area contributed by atoms with Crippen LogP contribution >= 0.6 is 23.2 Å². The highest BCUT2D eigenvalue weighted by Crippen LogP contribution is 2.22. The highest BCUT2D eigenvalue weighted by atomic mass is 35.5. The van der Waals surface area contributed by atoms with E-state index < -0.39 is 0 Å². The number of carbonyl (C=O) groups excluding carboxylic acids is 1. The molecule has 19 heavy (non-hydrogen) atoms. The van der Waals surface area contributed by atoms with Gasteiger partial charge in [-0.25, -0.2) is 0 Å². The Kier molecular flexibility index (Phi) is 4.23. The van der Waals surface area contributed by atoms with Gasteiger partial charge in [0.25, 0.3) is 0 Å². The number of benzene rings is 1. The van der Waals surface area contributed by atoms with Gasteiger partial charge in [0.2, 0.25) is 0 Å². The van der Waals surface area contributed by atoms with E-state index in [1.807, 2.05) is 19.9 Å². The lowest BCUT2D eigenvalue weighted by Crippen LogP contribution is -2.08. The lowest BCUT2D eigenvalue weighted by Gasteiger charge is -2.07. The molecular weight excluding hydrogens is 281 g/mol. The summed E-state index contributed by atoms with van der Waals surface area (Å²) < 4.78 is 0. The second-order valence-corrected chi connectivity index (χ2v) is 5.36. The first-order chi connectivity index (χ1) is 8.97. The van der Waals surface area contributed by atoms with E-state index in [0.717, 1.165) is 16.7 Å². The van der Waals surface area contributed by atoms with Crippen LogP contribution in [0.25, 0.3) is 0 Å². The molecule has 0 saturated carbocycles. The Labute approximate surface area is 122 Å². The summed E-state index contributed by atoms with van der Waals surface area (Å²) in [7, 11) is 0. The third kappa shape index (κ3) is 3.34. The Hall–Kier alpha value is -1.38. The minimum absolute atomic E-state index is 0.0540. The first-order valence-corrected chi connectivity index (χ1v) is 6.63. The van der Waals surface area contributed by atoms with Gasteiger partial charge in [-0.3, -0.25) is 9.78 Å². The molecular formula is C15H13Cl2NO. The van der Waals surface area contributed by atoms with Crippen molar-refractivity contribution in [2.45, 2.75) is 20.3 Å². The molecule has 0 atom stereocenters. The molecule has 1 heterocycles. The van der Waals surface area contributed by atoms with E-state index in [2.05, 4.69) is 4.98 Å². The second-order valence-electron chi connectivity index (χ2n) is 4.51. The lowest BCUT2D eigenvalue weighted by atomic mass is 10.0. The first kappa shape index (κ1) is 14.0. The second kappa shape index (κ2) is 5.72. The van der Waals surface area contributed by atoms with Crippen LogP contribution in [0.2, 0.25) is 10.0 Å². The summed E-state index contributed by atoms with van der Waals surface area (Å²) in [6.07, 6.45) is 1.90. The number of rotatable bonds is 3. The quantitative estimate of drug-likeness (QED) is 0.784. The maximum Gasteiger partial charge on any atom is 0.185 e. The highest BCUT2D eigenvalue weighted by Gasteiger charge is 2.13. The summed E-state index contributed by atoms with van der Waals surface area (Å²) >= 11 is 12.0. The molecule has 0 aliphatic rings. The normalized spacial score (nSPS) is 10.5. The van der Waals surface area contributed by atoms with E-state index in [0.29, 0.717) is 15.7 Å². The first-order valence-electron chi connectivity index (χ1n) is 5.88. The fraction of sp³-hybridized carbons (Fsp3) is 0.200. The number of nitrogens with zero attached hydrogens (tertiary/aromatic N) is 1. The predicted octanol–water partition coefficient (Wildman–Crippen LogP) is 4.43. The van der Waals surface area contributed by atoms with E-state index >= 15 is 0 Å². The van der Waals surface area contributed by atoms with Crippen molar-refractivity contribution in [2.24, 2.45) is 0 Å². The molecule has 0 N–H and O–H groups in total. The van der Waals surface area contributed by atoms with Gasteiger partial charge in [0.15, 0.2) is 5.78 Å². The van der Waals surface area contributed by atoms with Gasteiger partial charge in [0, 0.05) is 22.7 Å². The minimum Gasteiger partial charge on any atom is -0.292 e. The Balaban J connectivity index is 2.28. The molecule has 2 nitrogen and oxygen atoms in total. The zero-order valence-electron chi connectivity index (χ0n) is 10.7. The van der Waals surface area contributed by atoms with Crippen LogP contribution in [0, 0.1) is 13.8 Å². The van der Waals surface area contributed by atoms with Crippen molar-refractivity contribution in [3.05, 3.63) is 62.9 Å². The molecule has 0 amide bonds. The van der Waals surface area contributed by atoms with Gasteiger partial charge in [-0.15, -0.1) is 0 Å². The molecule has 1 aromatic heterocycles. The zero-order valence-corrected chi connectivity index (χ0v) is 12.2. The average molecular weight is 294 g/mol. The van der Waals surface area contributed by atoms with Crippen molar-refractivity contribution in [3.8, 4) is 0 Å². The third-order valence-corrected chi connectivity index (χ3v) is 3.44. The van der Waals surface area contributed by atoms with E-state index in [9.17, 15) is 4.79 Å².